The average Bonchev–Trinajstić information content (AvgIpc) is 1.96. The quantitative estimate of drug-likeness (QED) is 0.409. The summed E-state index contributed by atoms with van der Waals surface area (Å²) in [6, 6.07) is 0. The Morgan fingerprint density at radius 1 is 1.00 bits per heavy atom. The van der Waals surface area contributed by atoms with Gasteiger partial charge in [-0.15, -0.1) is 0 Å². The van der Waals surface area contributed by atoms with Crippen LogP contribution in [0.3, 0.4) is 0 Å². The molecule has 11 heavy (non-hydrogen) atoms. The summed E-state index contributed by atoms with van der Waals surface area (Å²) in [4.78, 5) is 0. The second kappa shape index (κ2) is 8.31. The van der Waals surface area contributed by atoms with E-state index in [9.17, 15) is 0 Å². The Kier molecular flexibility index (Phi) is 8.48. The topological polar surface area (TPSA) is 0 Å². The van der Waals surface area contributed by atoms with E-state index < -0.39 is 0 Å². The van der Waals surface area contributed by atoms with Crippen molar-refractivity contribution >= 4 is 10.2 Å². The number of rotatable bonds is 7. The SMILES string of the molecule is CCCCCCCCC(C)[SiH3]. The van der Waals surface area contributed by atoms with Gasteiger partial charge in [0, 0.05) is 10.2 Å². The van der Waals surface area contributed by atoms with Crippen LogP contribution in [0.2, 0.25) is 5.54 Å². The van der Waals surface area contributed by atoms with Gasteiger partial charge in [-0.25, -0.2) is 0 Å². The molecule has 0 heterocycles. The van der Waals surface area contributed by atoms with Gasteiger partial charge in [0.15, 0.2) is 0 Å². The molecule has 0 spiro atoms. The fraction of sp³-hybridized carbons (Fsp3) is 1.00. The van der Waals surface area contributed by atoms with Crippen molar-refractivity contribution in [1.82, 2.24) is 0 Å². The average molecular weight is 172 g/mol. The Bertz CT molecular complexity index is 69.3. The van der Waals surface area contributed by atoms with Crippen molar-refractivity contribution in [1.29, 1.82) is 0 Å². The van der Waals surface area contributed by atoms with Gasteiger partial charge in [0.05, 0.1) is 0 Å². The molecule has 0 aliphatic rings. The summed E-state index contributed by atoms with van der Waals surface area (Å²) in [5, 5.41) is 0. The lowest BCUT2D eigenvalue weighted by atomic mass is 10.1. The Morgan fingerprint density at radius 2 is 1.55 bits per heavy atom. The van der Waals surface area contributed by atoms with Crippen LogP contribution in [0.25, 0.3) is 0 Å². The van der Waals surface area contributed by atoms with Gasteiger partial charge >= 0.3 is 0 Å². The molecule has 0 aromatic carbocycles. The third-order valence-corrected chi connectivity index (χ3v) is 2.71. The maximum Gasteiger partial charge on any atom is 0.00637 e. The first-order valence-electron chi connectivity index (χ1n) is 5.27. The molecule has 0 aliphatic carbocycles. The molecular weight excluding hydrogens is 148 g/mol. The molecule has 1 heteroatoms. The van der Waals surface area contributed by atoms with Gasteiger partial charge in [-0.1, -0.05) is 64.3 Å². The molecule has 0 nitrogen and oxygen atoms in total. The highest BCUT2D eigenvalue weighted by atomic mass is 28.1. The largest absolute Gasteiger partial charge is 0.0658 e. The number of hydrogen-bond donors (Lipinski definition) is 0. The van der Waals surface area contributed by atoms with E-state index in [1.807, 2.05) is 0 Å². The third-order valence-electron chi connectivity index (χ3n) is 2.14. The molecular formula is C10H24Si. The first-order chi connectivity index (χ1) is 5.27. The monoisotopic (exact) mass is 172 g/mol. The fourth-order valence-electron chi connectivity index (χ4n) is 1.33. The van der Waals surface area contributed by atoms with E-state index in [4.69, 9.17) is 0 Å². The lowest BCUT2D eigenvalue weighted by Crippen LogP contribution is -1.85. The van der Waals surface area contributed by atoms with Crippen LogP contribution in [0.15, 0.2) is 0 Å². The van der Waals surface area contributed by atoms with E-state index in [0.717, 1.165) is 5.54 Å². The van der Waals surface area contributed by atoms with Crippen molar-refractivity contribution in [2.45, 2.75) is 64.3 Å². The zero-order valence-electron chi connectivity index (χ0n) is 8.53. The van der Waals surface area contributed by atoms with Crippen molar-refractivity contribution in [2.24, 2.45) is 0 Å². The van der Waals surface area contributed by atoms with Gasteiger partial charge in [0.1, 0.15) is 0 Å². The maximum atomic E-state index is 2.37. The van der Waals surface area contributed by atoms with Crippen molar-refractivity contribution in [3.05, 3.63) is 0 Å². The van der Waals surface area contributed by atoms with E-state index in [2.05, 4.69) is 13.8 Å². The van der Waals surface area contributed by atoms with Crippen LogP contribution in [-0.4, -0.2) is 10.2 Å². The fourth-order valence-corrected chi connectivity index (χ4v) is 1.74. The normalized spacial score (nSPS) is 13.6. The predicted octanol–water partition coefficient (Wildman–Crippen LogP) is 2.91. The highest BCUT2D eigenvalue weighted by Crippen LogP contribution is 2.12. The number of unbranched alkanes of at least 4 members (excludes halogenated alkanes) is 5. The second-order valence-corrected chi connectivity index (χ2v) is 5.92. The van der Waals surface area contributed by atoms with Gasteiger partial charge in [-0.3, -0.25) is 0 Å². The van der Waals surface area contributed by atoms with Crippen LogP contribution in [-0.2, 0) is 0 Å². The summed E-state index contributed by atoms with van der Waals surface area (Å²) < 4.78 is 0. The Balaban J connectivity index is 2.80. The molecule has 0 saturated heterocycles. The smallest absolute Gasteiger partial charge is 0.00637 e. The zero-order chi connectivity index (χ0) is 8.53. The van der Waals surface area contributed by atoms with Crippen LogP contribution in [0.1, 0.15) is 58.8 Å². The van der Waals surface area contributed by atoms with Crippen molar-refractivity contribution in [2.75, 3.05) is 0 Å². The van der Waals surface area contributed by atoms with E-state index in [1.54, 1.807) is 0 Å². The van der Waals surface area contributed by atoms with Gasteiger partial charge in [-0.05, 0) is 0 Å². The van der Waals surface area contributed by atoms with E-state index >= 15 is 0 Å². The Labute approximate surface area is 75.2 Å². The summed E-state index contributed by atoms with van der Waals surface area (Å²) in [6.07, 6.45) is 10.2. The maximum absolute atomic E-state index is 2.37. The molecule has 0 aromatic heterocycles. The van der Waals surface area contributed by atoms with Crippen molar-refractivity contribution < 1.29 is 0 Å². The van der Waals surface area contributed by atoms with Crippen LogP contribution in [0.5, 0.6) is 0 Å². The van der Waals surface area contributed by atoms with Crippen molar-refractivity contribution in [3.8, 4) is 0 Å². The molecule has 1 unspecified atom stereocenters. The van der Waals surface area contributed by atoms with Crippen LogP contribution in [0, 0.1) is 0 Å². The summed E-state index contributed by atoms with van der Waals surface area (Å²) in [5.74, 6) is 0. The van der Waals surface area contributed by atoms with Crippen LogP contribution >= 0.6 is 0 Å². The Morgan fingerprint density at radius 3 is 2.09 bits per heavy atom. The molecule has 0 aromatic rings. The minimum absolute atomic E-state index is 1.04. The van der Waals surface area contributed by atoms with Gasteiger partial charge in [-0.2, -0.15) is 0 Å². The molecule has 0 fully saturated rings. The molecule has 0 saturated carbocycles. The zero-order valence-corrected chi connectivity index (χ0v) is 10.5. The molecule has 68 valence electrons. The summed E-state index contributed by atoms with van der Waals surface area (Å²) in [6.45, 7) is 4.65. The minimum atomic E-state index is 1.04. The van der Waals surface area contributed by atoms with Crippen LogP contribution in [0.4, 0.5) is 0 Å². The standard InChI is InChI=1S/C10H24Si/c1-3-4-5-6-7-8-9-10(2)11/h10H,3-9H2,1-2,11H3. The highest BCUT2D eigenvalue weighted by molar-refractivity contribution is 6.11. The lowest BCUT2D eigenvalue weighted by molar-refractivity contribution is 0.585. The second-order valence-electron chi connectivity index (χ2n) is 3.95. The van der Waals surface area contributed by atoms with Crippen molar-refractivity contribution in [3.63, 3.8) is 0 Å². The minimum Gasteiger partial charge on any atom is -0.0658 e. The van der Waals surface area contributed by atoms with Gasteiger partial charge in [0.2, 0.25) is 0 Å². The molecule has 0 N–H and O–H groups in total. The Hall–Kier alpha value is 0.217. The lowest BCUT2D eigenvalue weighted by Gasteiger charge is -2.03. The summed E-state index contributed by atoms with van der Waals surface area (Å²) in [5.41, 5.74) is 1.04. The summed E-state index contributed by atoms with van der Waals surface area (Å²) in [7, 11) is 1.39. The first kappa shape index (κ1) is 11.2. The van der Waals surface area contributed by atoms with Crippen LogP contribution < -0.4 is 0 Å². The van der Waals surface area contributed by atoms with E-state index in [1.165, 1.54) is 55.2 Å². The molecule has 0 bridgehead atoms. The van der Waals surface area contributed by atoms with E-state index in [0.29, 0.717) is 0 Å². The molecule has 0 rings (SSSR count). The molecule has 1 atom stereocenters. The summed E-state index contributed by atoms with van der Waals surface area (Å²) >= 11 is 0. The van der Waals surface area contributed by atoms with Gasteiger partial charge in [0.25, 0.3) is 0 Å². The molecule has 0 radical (unpaired) electrons. The molecule has 0 amide bonds. The molecule has 0 aliphatic heterocycles. The predicted molar refractivity (Wildman–Crippen MR) is 57.4 cm³/mol. The first-order valence-corrected chi connectivity index (χ1v) is 6.42. The van der Waals surface area contributed by atoms with E-state index in [-0.39, 0.29) is 0 Å². The van der Waals surface area contributed by atoms with Gasteiger partial charge < -0.3 is 0 Å². The highest BCUT2D eigenvalue weighted by Gasteiger charge is 1.93. The third kappa shape index (κ3) is 10.2. The number of hydrogen-bond acceptors (Lipinski definition) is 0.